The van der Waals surface area contributed by atoms with Gasteiger partial charge in [-0.2, -0.15) is 0 Å². The van der Waals surface area contributed by atoms with Gasteiger partial charge in [-0.1, -0.05) is 108 Å². The second-order valence-corrected chi connectivity index (χ2v) is 27.2. The zero-order valence-electron chi connectivity index (χ0n) is 35.1. The van der Waals surface area contributed by atoms with Crippen LogP contribution in [0, 0.1) is 11.8 Å². The maximum absolute atomic E-state index is 10.7. The van der Waals surface area contributed by atoms with Crippen LogP contribution in [0.4, 0.5) is 0 Å². The average molecular weight is 773 g/mol. The van der Waals surface area contributed by atoms with E-state index in [4.69, 9.17) is 32.9 Å². The minimum atomic E-state index is -2.18. The molecule has 0 aliphatic carbocycles. The summed E-state index contributed by atoms with van der Waals surface area (Å²) in [6.07, 6.45) is 20.4. The molecule has 0 aromatic carbocycles. The van der Waals surface area contributed by atoms with Gasteiger partial charge < -0.3 is 32.9 Å². The molecule has 0 saturated carbocycles. The Morgan fingerprint density at radius 1 is 1.09 bits per heavy atom. The van der Waals surface area contributed by atoms with Crippen molar-refractivity contribution in [2.75, 3.05) is 20.5 Å². The van der Waals surface area contributed by atoms with Gasteiger partial charge in [0.1, 0.15) is 6.79 Å². The highest BCUT2D eigenvalue weighted by Crippen LogP contribution is 2.41. The van der Waals surface area contributed by atoms with Crippen molar-refractivity contribution in [2.24, 2.45) is 0 Å². The van der Waals surface area contributed by atoms with Crippen molar-refractivity contribution in [2.45, 2.75) is 173 Å². The zero-order valence-corrected chi connectivity index (χ0v) is 37.1. The van der Waals surface area contributed by atoms with Crippen molar-refractivity contribution in [1.82, 2.24) is 0 Å². The van der Waals surface area contributed by atoms with Crippen molar-refractivity contribution < 1.29 is 37.7 Å². The molecule has 300 valence electrons. The molecule has 0 aromatic rings. The Bertz CT molecular complexity index is 1340. The Morgan fingerprint density at radius 3 is 2.40 bits per heavy atom. The van der Waals surface area contributed by atoms with Crippen LogP contribution in [0.2, 0.25) is 36.3 Å². The third-order valence-electron chi connectivity index (χ3n) is 10.9. The van der Waals surface area contributed by atoms with Crippen LogP contribution in [-0.4, -0.2) is 84.8 Å². The number of hydrogen-bond acceptors (Lipinski definition) is 7. The summed E-state index contributed by atoms with van der Waals surface area (Å²) in [5.41, 5.74) is 2.46. The second kappa shape index (κ2) is 21.9. The van der Waals surface area contributed by atoms with Gasteiger partial charge in [-0.3, -0.25) is 0 Å². The lowest BCUT2D eigenvalue weighted by molar-refractivity contribution is -0.130. The molecule has 10 heteroatoms. The topological polar surface area (TPSA) is 92.7 Å². The van der Waals surface area contributed by atoms with E-state index in [2.05, 4.69) is 130 Å². The molecule has 2 heterocycles. The molecular formula is C43H72O8Si2. The van der Waals surface area contributed by atoms with Gasteiger partial charge in [0, 0.05) is 19.5 Å². The van der Waals surface area contributed by atoms with Gasteiger partial charge in [-0.15, -0.1) is 0 Å². The summed E-state index contributed by atoms with van der Waals surface area (Å²) < 4.78 is 38.1. The summed E-state index contributed by atoms with van der Waals surface area (Å²) in [4.78, 5) is 10.7. The van der Waals surface area contributed by atoms with Crippen molar-refractivity contribution in [3.05, 3.63) is 60.3 Å². The first-order valence-corrected chi connectivity index (χ1v) is 25.2. The van der Waals surface area contributed by atoms with Crippen LogP contribution in [0.3, 0.4) is 0 Å². The molecule has 0 bridgehead atoms. The molecule has 0 aromatic heterocycles. The number of carbonyl (C=O) groups is 1. The van der Waals surface area contributed by atoms with Crippen LogP contribution >= 0.6 is 0 Å². The number of rotatable bonds is 20. The number of carboxylic acid groups (broad SMARTS) is 1. The van der Waals surface area contributed by atoms with E-state index in [9.17, 15) is 4.79 Å². The van der Waals surface area contributed by atoms with E-state index in [1.54, 1.807) is 7.11 Å². The molecule has 2 aliphatic heterocycles. The minimum absolute atomic E-state index is 0.0214. The zero-order chi connectivity index (χ0) is 39.9. The third-order valence-corrected chi connectivity index (χ3v) is 19.9. The van der Waals surface area contributed by atoms with Gasteiger partial charge in [-0.25, -0.2) is 4.79 Å². The standard InChI is InChI=1S/C43H72O8Si2/c1-33(18-14-19-35-20-15-21-36(49-35)22-17-25-41(44)45)30-37(48-32-46-9)23-16-24-39(50-52(10,11)42(3,4)5)40(51-53(12,13)43(6,7)8)27-26-38-31-34(2)28-29-47-38/h15-16,21,23,26-28,35-40H,1,14,18-20,22,24,29-32H2,2-13H3,(H,44,45)/b23-16+,27-26+/t35-,36+,37-,38-,39+,40+/m1/s1. The van der Waals surface area contributed by atoms with Crippen LogP contribution in [0.5, 0.6) is 0 Å². The van der Waals surface area contributed by atoms with Crippen LogP contribution < -0.4 is 0 Å². The molecule has 0 saturated heterocycles. The molecular weight excluding hydrogens is 701 g/mol. The fourth-order valence-electron chi connectivity index (χ4n) is 5.62. The smallest absolute Gasteiger partial charge is 0.381 e. The normalized spacial score (nSPS) is 22.0. The molecule has 6 atom stereocenters. The Hall–Kier alpha value is -2.08. The molecule has 0 amide bonds. The van der Waals surface area contributed by atoms with Crippen molar-refractivity contribution in [3.8, 4) is 11.8 Å². The fraction of sp³-hybridized carbons (Fsp3) is 0.698. The van der Waals surface area contributed by atoms with E-state index in [1.165, 1.54) is 5.57 Å². The Kier molecular flexibility index (Phi) is 19.4. The first-order valence-electron chi connectivity index (χ1n) is 19.4. The van der Waals surface area contributed by atoms with Gasteiger partial charge in [0.15, 0.2) is 16.6 Å². The Morgan fingerprint density at radius 2 is 1.77 bits per heavy atom. The molecule has 0 fully saturated rings. The van der Waals surface area contributed by atoms with Crippen LogP contribution in [-0.2, 0) is 32.6 Å². The molecule has 0 spiro atoms. The van der Waals surface area contributed by atoms with Crippen LogP contribution in [0.1, 0.15) is 99.8 Å². The Balaban J connectivity index is 2.22. The van der Waals surface area contributed by atoms with Gasteiger partial charge >= 0.3 is 5.97 Å². The van der Waals surface area contributed by atoms with Crippen molar-refractivity contribution >= 4 is 22.6 Å². The van der Waals surface area contributed by atoms with Gasteiger partial charge in [-0.05, 0) is 88.1 Å². The first-order chi connectivity index (χ1) is 24.6. The monoisotopic (exact) mass is 772 g/mol. The number of aliphatic carboxylic acids is 1. The van der Waals surface area contributed by atoms with Crippen molar-refractivity contribution in [1.29, 1.82) is 0 Å². The minimum Gasteiger partial charge on any atom is -0.472 e. The SMILES string of the molecule is C=C(CCC[C@@H]1CC=C[C@@H](CC#CC(=O)O)O1)C[C@@H](/C=C/C[C@H](O[Si](C)(C)C(C)(C)C)[C@H](/C=C/[C@@H]1CC(C)=CCO1)O[Si](C)(C)C(C)(C)C)OCOC. The maximum Gasteiger partial charge on any atom is 0.381 e. The van der Waals surface area contributed by atoms with Crippen LogP contribution in [0.15, 0.2) is 60.3 Å². The summed E-state index contributed by atoms with van der Waals surface area (Å²) >= 11 is 0. The summed E-state index contributed by atoms with van der Waals surface area (Å²) in [6.45, 7) is 30.3. The fourth-order valence-corrected chi connectivity index (χ4v) is 8.22. The van der Waals surface area contributed by atoms with E-state index >= 15 is 0 Å². The lowest BCUT2D eigenvalue weighted by atomic mass is 9.99. The largest absolute Gasteiger partial charge is 0.472 e. The molecule has 0 radical (unpaired) electrons. The highest BCUT2D eigenvalue weighted by atomic mass is 28.4. The summed E-state index contributed by atoms with van der Waals surface area (Å²) in [5, 5.41) is 8.86. The average Bonchev–Trinajstić information content (AvgIpc) is 3.04. The van der Waals surface area contributed by atoms with Gasteiger partial charge in [0.05, 0.1) is 43.2 Å². The van der Waals surface area contributed by atoms with Crippen molar-refractivity contribution in [3.63, 3.8) is 0 Å². The summed E-state index contributed by atoms with van der Waals surface area (Å²) in [6, 6.07) is 0. The predicted octanol–water partition coefficient (Wildman–Crippen LogP) is 10.3. The quantitative estimate of drug-likeness (QED) is 0.0566. The maximum atomic E-state index is 10.7. The van der Waals surface area contributed by atoms with E-state index < -0.39 is 22.6 Å². The lowest BCUT2D eigenvalue weighted by Gasteiger charge is -2.44. The van der Waals surface area contributed by atoms with Crippen LogP contribution in [0.25, 0.3) is 0 Å². The van der Waals surface area contributed by atoms with E-state index in [1.807, 2.05) is 6.08 Å². The highest BCUT2D eigenvalue weighted by molar-refractivity contribution is 6.74. The van der Waals surface area contributed by atoms with E-state index in [-0.39, 0.29) is 53.5 Å². The highest BCUT2D eigenvalue weighted by Gasteiger charge is 2.44. The molecule has 0 unspecified atom stereocenters. The first kappa shape index (κ1) is 47.1. The lowest BCUT2D eigenvalue weighted by Crippen LogP contribution is -2.51. The third kappa shape index (κ3) is 17.5. The van der Waals surface area contributed by atoms with Gasteiger partial charge in [0.25, 0.3) is 0 Å². The van der Waals surface area contributed by atoms with E-state index in [0.717, 1.165) is 37.7 Å². The molecule has 2 aliphatic rings. The van der Waals surface area contributed by atoms with E-state index in [0.29, 0.717) is 25.9 Å². The summed E-state index contributed by atoms with van der Waals surface area (Å²) in [7, 11) is -2.72. The second-order valence-electron chi connectivity index (χ2n) is 17.7. The summed E-state index contributed by atoms with van der Waals surface area (Å²) in [5.74, 6) is 3.73. The number of carboxylic acids is 1. The predicted molar refractivity (Wildman–Crippen MR) is 222 cm³/mol. The molecule has 2 rings (SSSR count). The number of hydrogen-bond donors (Lipinski definition) is 1. The number of methoxy groups -OCH3 is 1. The molecule has 8 nitrogen and oxygen atoms in total. The molecule has 53 heavy (non-hydrogen) atoms. The Labute approximate surface area is 324 Å². The molecule has 1 N–H and O–H groups in total. The van der Waals surface area contributed by atoms with Gasteiger partial charge in [0.2, 0.25) is 0 Å². The number of ether oxygens (including phenoxy) is 4.